The van der Waals surface area contributed by atoms with Crippen LogP contribution in [0, 0.1) is 46.3 Å². The Bertz CT molecular complexity index is 627. The van der Waals surface area contributed by atoms with Gasteiger partial charge in [-0.3, -0.25) is 4.79 Å². The molecule has 3 heteroatoms. The van der Waals surface area contributed by atoms with Crippen LogP contribution in [0.4, 0.5) is 0 Å². The fourth-order valence-electron chi connectivity index (χ4n) is 8.20. The van der Waals surface area contributed by atoms with Crippen molar-refractivity contribution in [2.45, 2.75) is 84.7 Å². The highest BCUT2D eigenvalue weighted by Crippen LogP contribution is 2.66. The van der Waals surface area contributed by atoms with E-state index in [0.29, 0.717) is 35.5 Å². The highest BCUT2D eigenvalue weighted by Gasteiger charge is 2.58. The van der Waals surface area contributed by atoms with E-state index in [1.807, 2.05) is 0 Å². The number of ether oxygens (including phenoxy) is 1. The van der Waals surface area contributed by atoms with Gasteiger partial charge in [-0.05, 0) is 97.7 Å². The predicted molar refractivity (Wildman–Crippen MR) is 112 cm³/mol. The fraction of sp³-hybridized carbons (Fsp3) is 0.880. The smallest absolute Gasteiger partial charge is 0.305 e. The number of hydrogen-bond acceptors (Lipinski definition) is 3. The van der Waals surface area contributed by atoms with Crippen LogP contribution in [0.15, 0.2) is 12.2 Å². The van der Waals surface area contributed by atoms with Gasteiger partial charge in [-0.2, -0.15) is 0 Å². The SMILES string of the molecule is COC(=O)CC[C@H](C)[C@H]1CC[C@H]2[C@@H]3CC[C@@H]4C[C@@H](O)CC[C@]4(C)[C@H]3C=C[C@]12C. The minimum absolute atomic E-state index is 0.0704. The normalized spacial score (nSPS) is 48.3. The second-order valence-electron chi connectivity index (χ2n) is 11.0. The average Bonchev–Trinajstić information content (AvgIpc) is 3.03. The summed E-state index contributed by atoms with van der Waals surface area (Å²) in [6.45, 7) is 7.39. The minimum Gasteiger partial charge on any atom is -0.469 e. The Morgan fingerprint density at radius 1 is 1.21 bits per heavy atom. The molecule has 3 nitrogen and oxygen atoms in total. The van der Waals surface area contributed by atoms with E-state index in [9.17, 15) is 9.90 Å². The van der Waals surface area contributed by atoms with Crippen molar-refractivity contribution in [3.8, 4) is 0 Å². The topological polar surface area (TPSA) is 46.5 Å². The van der Waals surface area contributed by atoms with Gasteiger partial charge in [-0.1, -0.05) is 32.9 Å². The zero-order valence-corrected chi connectivity index (χ0v) is 18.3. The third-order valence-corrected chi connectivity index (χ3v) is 9.86. The zero-order chi connectivity index (χ0) is 20.1. The van der Waals surface area contributed by atoms with Crippen LogP contribution in [0.25, 0.3) is 0 Å². The molecule has 0 saturated heterocycles. The molecule has 0 spiro atoms. The Morgan fingerprint density at radius 2 is 2.00 bits per heavy atom. The summed E-state index contributed by atoms with van der Waals surface area (Å²) < 4.78 is 4.86. The van der Waals surface area contributed by atoms with Gasteiger partial charge in [0.1, 0.15) is 0 Å². The van der Waals surface area contributed by atoms with E-state index in [2.05, 4.69) is 32.9 Å². The highest BCUT2D eigenvalue weighted by atomic mass is 16.5. The number of esters is 1. The molecule has 0 aromatic rings. The molecule has 0 heterocycles. The van der Waals surface area contributed by atoms with E-state index in [1.165, 1.54) is 39.2 Å². The molecule has 0 aromatic heterocycles. The van der Waals surface area contributed by atoms with Crippen LogP contribution in [-0.2, 0) is 9.53 Å². The second-order valence-corrected chi connectivity index (χ2v) is 11.0. The third-order valence-electron chi connectivity index (χ3n) is 9.86. The Hall–Kier alpha value is -0.830. The summed E-state index contributed by atoms with van der Waals surface area (Å²) in [5.74, 6) is 4.16. The molecule has 4 aliphatic rings. The number of allylic oxidation sites excluding steroid dienone is 2. The summed E-state index contributed by atoms with van der Waals surface area (Å²) in [6.07, 6.45) is 15.1. The maximum atomic E-state index is 11.6. The molecule has 9 atom stereocenters. The molecule has 4 aliphatic carbocycles. The molecular formula is C25H40O3. The Kier molecular flexibility index (Phi) is 5.44. The van der Waals surface area contributed by atoms with Gasteiger partial charge in [0.2, 0.25) is 0 Å². The molecule has 3 fully saturated rings. The first-order valence-corrected chi connectivity index (χ1v) is 11.7. The molecule has 0 radical (unpaired) electrons. The van der Waals surface area contributed by atoms with Gasteiger partial charge >= 0.3 is 5.97 Å². The van der Waals surface area contributed by atoms with Crippen molar-refractivity contribution in [3.63, 3.8) is 0 Å². The lowest BCUT2D eigenvalue weighted by Crippen LogP contribution is -2.52. The van der Waals surface area contributed by atoms with E-state index in [-0.39, 0.29) is 17.5 Å². The highest BCUT2D eigenvalue weighted by molar-refractivity contribution is 5.69. The lowest BCUT2D eigenvalue weighted by Gasteiger charge is -2.58. The van der Waals surface area contributed by atoms with Crippen LogP contribution >= 0.6 is 0 Å². The van der Waals surface area contributed by atoms with E-state index in [4.69, 9.17) is 4.74 Å². The first kappa shape index (κ1) is 20.4. The molecule has 0 amide bonds. The lowest BCUT2D eigenvalue weighted by molar-refractivity contribution is -0.141. The predicted octanol–water partition coefficient (Wildman–Crippen LogP) is 5.37. The van der Waals surface area contributed by atoms with Crippen LogP contribution in [0.1, 0.15) is 78.6 Å². The minimum atomic E-state index is -0.0727. The van der Waals surface area contributed by atoms with Gasteiger partial charge in [-0.15, -0.1) is 0 Å². The van der Waals surface area contributed by atoms with Gasteiger partial charge < -0.3 is 9.84 Å². The summed E-state index contributed by atoms with van der Waals surface area (Å²) >= 11 is 0. The van der Waals surface area contributed by atoms with Crippen molar-refractivity contribution in [2.24, 2.45) is 46.3 Å². The maximum Gasteiger partial charge on any atom is 0.305 e. The fourth-order valence-corrected chi connectivity index (χ4v) is 8.20. The molecule has 0 aliphatic heterocycles. The number of hydrogen-bond donors (Lipinski definition) is 1. The van der Waals surface area contributed by atoms with Crippen molar-refractivity contribution >= 4 is 5.97 Å². The molecular weight excluding hydrogens is 348 g/mol. The van der Waals surface area contributed by atoms with Gasteiger partial charge in [0.15, 0.2) is 0 Å². The molecule has 3 saturated carbocycles. The van der Waals surface area contributed by atoms with Crippen LogP contribution in [0.3, 0.4) is 0 Å². The molecule has 0 unspecified atom stereocenters. The summed E-state index contributed by atoms with van der Waals surface area (Å²) in [5, 5.41) is 10.2. The monoisotopic (exact) mass is 388 g/mol. The Morgan fingerprint density at radius 3 is 2.75 bits per heavy atom. The number of carbonyl (C=O) groups is 1. The number of carbonyl (C=O) groups excluding carboxylic acids is 1. The maximum absolute atomic E-state index is 11.6. The largest absolute Gasteiger partial charge is 0.469 e. The number of aliphatic hydroxyl groups is 1. The summed E-state index contributed by atoms with van der Waals surface area (Å²) in [7, 11) is 1.49. The summed E-state index contributed by atoms with van der Waals surface area (Å²) in [4.78, 5) is 11.6. The van der Waals surface area contributed by atoms with Crippen molar-refractivity contribution in [2.75, 3.05) is 7.11 Å². The standard InChI is InChI=1S/C25H40O3/c1-16(5-10-23(27)28-4)20-8-9-21-19-7-6-17-15-18(26)11-13-24(17,2)22(19)12-14-25(20,21)3/h12,14,16-22,26H,5-11,13,15H2,1-4H3/t16-,17+,18-,19-,20+,21-,22-,24-,25+/m0/s1. The van der Waals surface area contributed by atoms with Crippen molar-refractivity contribution in [1.82, 2.24) is 0 Å². The van der Waals surface area contributed by atoms with E-state index in [0.717, 1.165) is 31.1 Å². The molecule has 0 bridgehead atoms. The van der Waals surface area contributed by atoms with Crippen molar-refractivity contribution in [3.05, 3.63) is 12.2 Å². The van der Waals surface area contributed by atoms with Crippen LogP contribution in [-0.4, -0.2) is 24.3 Å². The van der Waals surface area contributed by atoms with Gasteiger partial charge in [-0.25, -0.2) is 0 Å². The number of methoxy groups -OCH3 is 1. The van der Waals surface area contributed by atoms with Crippen LogP contribution < -0.4 is 0 Å². The molecule has 0 aromatic carbocycles. The van der Waals surface area contributed by atoms with E-state index < -0.39 is 0 Å². The average molecular weight is 389 g/mol. The van der Waals surface area contributed by atoms with Gasteiger partial charge in [0, 0.05) is 6.42 Å². The first-order chi connectivity index (χ1) is 13.3. The summed E-state index contributed by atoms with van der Waals surface area (Å²) in [5.41, 5.74) is 0.669. The third kappa shape index (κ3) is 3.16. The van der Waals surface area contributed by atoms with Crippen LogP contribution in [0.2, 0.25) is 0 Å². The lowest BCUT2D eigenvalue weighted by atomic mass is 9.46. The number of fused-ring (bicyclic) bond motifs is 5. The summed E-state index contributed by atoms with van der Waals surface area (Å²) in [6, 6.07) is 0. The van der Waals surface area contributed by atoms with E-state index >= 15 is 0 Å². The molecule has 4 rings (SSSR count). The second kappa shape index (κ2) is 7.45. The van der Waals surface area contributed by atoms with Gasteiger partial charge in [0.05, 0.1) is 13.2 Å². The van der Waals surface area contributed by atoms with Gasteiger partial charge in [0.25, 0.3) is 0 Å². The zero-order valence-electron chi connectivity index (χ0n) is 18.3. The molecule has 28 heavy (non-hydrogen) atoms. The molecule has 158 valence electrons. The molecule has 1 N–H and O–H groups in total. The van der Waals surface area contributed by atoms with Crippen LogP contribution in [0.5, 0.6) is 0 Å². The number of aliphatic hydroxyl groups excluding tert-OH is 1. The number of rotatable bonds is 4. The quantitative estimate of drug-likeness (QED) is 0.520. The van der Waals surface area contributed by atoms with Crippen molar-refractivity contribution in [1.29, 1.82) is 0 Å². The van der Waals surface area contributed by atoms with Crippen molar-refractivity contribution < 1.29 is 14.6 Å². The first-order valence-electron chi connectivity index (χ1n) is 11.7. The van der Waals surface area contributed by atoms with E-state index in [1.54, 1.807) is 0 Å². The Balaban J connectivity index is 1.53. The Labute approximate surface area is 171 Å².